The van der Waals surface area contributed by atoms with Gasteiger partial charge in [0, 0.05) is 23.1 Å². The molecule has 0 bridgehead atoms. The number of ether oxygens (including phenoxy) is 1. The predicted octanol–water partition coefficient (Wildman–Crippen LogP) is 5.08. The van der Waals surface area contributed by atoms with Crippen molar-refractivity contribution < 1.29 is 9.53 Å². The molecule has 1 atom stereocenters. The number of carbonyl (C=O) groups excluding carboxylic acids is 1. The lowest BCUT2D eigenvalue weighted by Crippen LogP contribution is -2.42. The molecule has 0 aromatic heterocycles. The van der Waals surface area contributed by atoms with E-state index in [4.69, 9.17) is 33.7 Å². The molecule has 6 heteroatoms. The van der Waals surface area contributed by atoms with Gasteiger partial charge in [-0.05, 0) is 64.6 Å². The monoisotopic (exact) mass is 440 g/mol. The maximum atomic E-state index is 13.0. The van der Waals surface area contributed by atoms with Crippen LogP contribution in [0.15, 0.2) is 60.7 Å². The maximum Gasteiger partial charge on any atom is 0.240 e. The molecule has 1 aliphatic rings. The Kier molecular flexibility index (Phi) is 6.00. The van der Waals surface area contributed by atoms with E-state index in [1.807, 2.05) is 30.3 Å². The van der Waals surface area contributed by atoms with Crippen molar-refractivity contribution in [2.45, 2.75) is 25.6 Å². The van der Waals surface area contributed by atoms with Gasteiger partial charge in [-0.3, -0.25) is 4.79 Å². The molecule has 2 N–H and O–H groups in total. The van der Waals surface area contributed by atoms with E-state index in [1.54, 1.807) is 24.1 Å². The topological polar surface area (TPSA) is 55.6 Å². The zero-order chi connectivity index (χ0) is 21.3. The molecule has 30 heavy (non-hydrogen) atoms. The van der Waals surface area contributed by atoms with E-state index in [0.717, 1.165) is 33.6 Å². The quantitative estimate of drug-likeness (QED) is 0.601. The van der Waals surface area contributed by atoms with Gasteiger partial charge in [-0.25, -0.2) is 0 Å². The van der Waals surface area contributed by atoms with Crippen LogP contribution in [0.4, 0.5) is 0 Å². The van der Waals surface area contributed by atoms with Crippen molar-refractivity contribution in [2.24, 2.45) is 5.73 Å². The van der Waals surface area contributed by atoms with Crippen LogP contribution in [-0.4, -0.2) is 24.0 Å². The molecular formula is C24H22Cl2N2O2. The summed E-state index contributed by atoms with van der Waals surface area (Å²) in [6.07, 6.45) is 0.372. The molecule has 1 amide bonds. The van der Waals surface area contributed by atoms with Gasteiger partial charge in [0.05, 0.1) is 13.2 Å². The Hall–Kier alpha value is -2.53. The minimum absolute atomic E-state index is 0.0832. The van der Waals surface area contributed by atoms with Crippen molar-refractivity contribution >= 4 is 29.1 Å². The van der Waals surface area contributed by atoms with Crippen LogP contribution in [-0.2, 0) is 24.3 Å². The Labute approximate surface area is 186 Å². The summed E-state index contributed by atoms with van der Waals surface area (Å²) in [5, 5.41) is 1.09. The fraction of sp³-hybridized carbons (Fsp3) is 0.208. The molecular weight excluding hydrogens is 419 g/mol. The Morgan fingerprint density at radius 3 is 2.57 bits per heavy atom. The lowest BCUT2D eigenvalue weighted by molar-refractivity contribution is -0.133. The fourth-order valence-corrected chi connectivity index (χ4v) is 4.26. The highest BCUT2D eigenvalue weighted by Gasteiger charge is 2.28. The van der Waals surface area contributed by atoms with E-state index in [9.17, 15) is 4.79 Å². The number of halogens is 2. The van der Waals surface area contributed by atoms with Crippen LogP contribution in [0.2, 0.25) is 10.0 Å². The minimum Gasteiger partial charge on any atom is -0.497 e. The first-order valence-electron chi connectivity index (χ1n) is 9.69. The molecule has 1 aliphatic heterocycles. The number of hydrogen-bond donors (Lipinski definition) is 1. The second-order valence-electron chi connectivity index (χ2n) is 7.46. The van der Waals surface area contributed by atoms with E-state index >= 15 is 0 Å². The van der Waals surface area contributed by atoms with Crippen molar-refractivity contribution in [1.29, 1.82) is 0 Å². The Morgan fingerprint density at radius 1 is 1.03 bits per heavy atom. The number of nitrogens with zero attached hydrogens (tertiary/aromatic N) is 1. The van der Waals surface area contributed by atoms with Gasteiger partial charge >= 0.3 is 0 Å². The van der Waals surface area contributed by atoms with Gasteiger partial charge in [0.1, 0.15) is 5.75 Å². The average molecular weight is 441 g/mol. The Bertz CT molecular complexity index is 1100. The van der Waals surface area contributed by atoms with Gasteiger partial charge in [-0.1, -0.05) is 53.5 Å². The third-order valence-electron chi connectivity index (χ3n) is 5.42. The van der Waals surface area contributed by atoms with Crippen LogP contribution in [0, 0.1) is 0 Å². The average Bonchev–Trinajstić information content (AvgIpc) is 3.18. The minimum atomic E-state index is -0.657. The first-order chi connectivity index (χ1) is 14.4. The Balaban J connectivity index is 1.47. The molecule has 4 rings (SSSR count). The summed E-state index contributed by atoms with van der Waals surface area (Å²) in [7, 11) is 1.66. The zero-order valence-electron chi connectivity index (χ0n) is 16.6. The van der Waals surface area contributed by atoms with Crippen molar-refractivity contribution in [2.75, 3.05) is 7.11 Å². The summed E-state index contributed by atoms with van der Waals surface area (Å²) in [5.74, 6) is 0.733. The number of hydrogen-bond acceptors (Lipinski definition) is 3. The smallest absolute Gasteiger partial charge is 0.240 e. The molecule has 4 nitrogen and oxygen atoms in total. The molecule has 0 fully saturated rings. The zero-order valence-corrected chi connectivity index (χ0v) is 18.1. The SMILES string of the molecule is COc1cccc(-c2ccc3c(c2)CN(C(=O)C(N)Cc2ccc(Cl)cc2Cl)C3)c1. The first kappa shape index (κ1) is 20.7. The van der Waals surface area contributed by atoms with Crippen molar-refractivity contribution in [1.82, 2.24) is 4.90 Å². The molecule has 1 heterocycles. The third-order valence-corrected chi connectivity index (χ3v) is 6.00. The van der Waals surface area contributed by atoms with E-state index in [2.05, 4.69) is 18.2 Å². The van der Waals surface area contributed by atoms with Crippen LogP contribution in [0.5, 0.6) is 5.75 Å². The number of fused-ring (bicyclic) bond motifs is 1. The highest BCUT2D eigenvalue weighted by molar-refractivity contribution is 6.35. The standard InChI is InChI=1S/C24H22Cl2N2O2/c1-30-21-4-2-3-15(10-21)16-5-6-18-13-28(14-19(18)9-16)24(29)23(27)11-17-7-8-20(25)12-22(17)26/h2-10,12,23H,11,13-14,27H2,1H3. The normalized spacial score (nSPS) is 13.8. The largest absolute Gasteiger partial charge is 0.497 e. The highest BCUT2D eigenvalue weighted by atomic mass is 35.5. The van der Waals surface area contributed by atoms with Crippen molar-refractivity contribution in [3.05, 3.63) is 87.4 Å². The molecule has 1 unspecified atom stereocenters. The van der Waals surface area contributed by atoms with Crippen molar-refractivity contribution in [3.8, 4) is 16.9 Å². The third kappa shape index (κ3) is 4.31. The summed E-state index contributed by atoms with van der Waals surface area (Å²) in [6, 6.07) is 18.8. The molecule has 0 spiro atoms. The van der Waals surface area contributed by atoms with Gasteiger partial charge in [0.2, 0.25) is 5.91 Å². The summed E-state index contributed by atoms with van der Waals surface area (Å²) in [6.45, 7) is 1.11. The van der Waals surface area contributed by atoms with Crippen LogP contribution >= 0.6 is 23.2 Å². The maximum absolute atomic E-state index is 13.0. The number of carbonyl (C=O) groups is 1. The summed E-state index contributed by atoms with van der Waals surface area (Å²) in [5.41, 5.74) is 11.5. The molecule has 0 saturated heterocycles. The van der Waals surface area contributed by atoms with Gasteiger partial charge in [-0.2, -0.15) is 0 Å². The number of benzene rings is 3. The number of nitrogens with two attached hydrogens (primary N) is 1. The molecule has 0 radical (unpaired) electrons. The van der Waals surface area contributed by atoms with Crippen LogP contribution in [0.1, 0.15) is 16.7 Å². The second-order valence-corrected chi connectivity index (χ2v) is 8.30. The van der Waals surface area contributed by atoms with Gasteiger partial charge in [0.25, 0.3) is 0 Å². The molecule has 154 valence electrons. The van der Waals surface area contributed by atoms with E-state index in [0.29, 0.717) is 29.6 Å². The summed E-state index contributed by atoms with van der Waals surface area (Å²) < 4.78 is 5.32. The molecule has 3 aromatic rings. The van der Waals surface area contributed by atoms with Crippen LogP contribution in [0.3, 0.4) is 0 Å². The fourth-order valence-electron chi connectivity index (χ4n) is 3.78. The Morgan fingerprint density at radius 2 is 1.80 bits per heavy atom. The second kappa shape index (κ2) is 8.68. The molecule has 3 aromatic carbocycles. The molecule has 0 saturated carbocycles. The van der Waals surface area contributed by atoms with Crippen LogP contribution < -0.4 is 10.5 Å². The highest BCUT2D eigenvalue weighted by Crippen LogP contribution is 2.30. The van der Waals surface area contributed by atoms with E-state index < -0.39 is 6.04 Å². The number of rotatable bonds is 5. The van der Waals surface area contributed by atoms with Gasteiger partial charge in [0.15, 0.2) is 0 Å². The predicted molar refractivity (Wildman–Crippen MR) is 121 cm³/mol. The van der Waals surface area contributed by atoms with Crippen molar-refractivity contribution in [3.63, 3.8) is 0 Å². The number of methoxy groups -OCH3 is 1. The summed E-state index contributed by atoms with van der Waals surface area (Å²) in [4.78, 5) is 14.8. The van der Waals surface area contributed by atoms with E-state index in [-0.39, 0.29) is 5.91 Å². The van der Waals surface area contributed by atoms with Gasteiger partial charge in [-0.15, -0.1) is 0 Å². The number of amides is 1. The molecule has 0 aliphatic carbocycles. The van der Waals surface area contributed by atoms with Crippen LogP contribution in [0.25, 0.3) is 11.1 Å². The lowest BCUT2D eigenvalue weighted by atomic mass is 10.0. The van der Waals surface area contributed by atoms with Gasteiger partial charge < -0.3 is 15.4 Å². The van der Waals surface area contributed by atoms with E-state index in [1.165, 1.54) is 0 Å². The summed E-state index contributed by atoms with van der Waals surface area (Å²) >= 11 is 12.2. The first-order valence-corrected chi connectivity index (χ1v) is 10.4. The lowest BCUT2D eigenvalue weighted by Gasteiger charge is -2.20.